The number of anilines is 1. The largest absolute Gasteiger partial charge is 0.461 e. The molecule has 2 aromatic heterocycles. The van der Waals surface area contributed by atoms with Crippen molar-refractivity contribution in [2.45, 2.75) is 71.4 Å². The Hall–Kier alpha value is -3.87. The molecule has 2 aromatic carbocycles. The summed E-state index contributed by atoms with van der Waals surface area (Å²) in [6.45, 7) is 4.63. The van der Waals surface area contributed by atoms with Gasteiger partial charge < -0.3 is 14.4 Å². The van der Waals surface area contributed by atoms with Gasteiger partial charge in [0.05, 0.1) is 34.8 Å². The topological polar surface area (TPSA) is 63.6 Å². The Balaban J connectivity index is 0.00000179. The standard InChI is InChI=1S/C34H33F2N5O2.2CH4/c1-2-23-25(35)11-9-21-7-3-8-24(27(21)23)30-29(36)31-28-26(37-30)12-10-22-19-42-18-6-17-41(22)32(28)39-33(38-31)43-20-34-13-4-15-40(34)16-5-14-34;;/h1,3,7-9,11,22H,4-6,10,12-20H2;2*1H4/t22-;;/m0../s1. The lowest BCUT2D eigenvalue weighted by atomic mass is 9.95. The summed E-state index contributed by atoms with van der Waals surface area (Å²) in [6.07, 6.45) is 12.5. The van der Waals surface area contributed by atoms with Crippen LogP contribution in [0.15, 0.2) is 30.3 Å². The first kappa shape index (κ1) is 31.1. The van der Waals surface area contributed by atoms with Crippen molar-refractivity contribution >= 4 is 27.5 Å². The van der Waals surface area contributed by atoms with E-state index >= 15 is 4.39 Å². The number of aromatic nitrogens is 3. The summed E-state index contributed by atoms with van der Waals surface area (Å²) in [7, 11) is 0. The number of aryl methyl sites for hydroxylation is 1. The summed E-state index contributed by atoms with van der Waals surface area (Å²) in [5, 5.41) is 1.79. The third kappa shape index (κ3) is 4.99. The Labute approximate surface area is 264 Å². The quantitative estimate of drug-likeness (QED) is 0.232. The van der Waals surface area contributed by atoms with Gasteiger partial charge in [0, 0.05) is 24.1 Å². The Morgan fingerprint density at radius 2 is 1.82 bits per heavy atom. The van der Waals surface area contributed by atoms with Crippen molar-refractivity contribution in [2.75, 3.05) is 44.4 Å². The zero-order valence-corrected chi connectivity index (χ0v) is 24.0. The summed E-state index contributed by atoms with van der Waals surface area (Å²) in [5.74, 6) is 2.02. The van der Waals surface area contributed by atoms with Crippen molar-refractivity contribution in [1.29, 1.82) is 0 Å². The monoisotopic (exact) mass is 613 g/mol. The van der Waals surface area contributed by atoms with Crippen LogP contribution in [0.2, 0.25) is 0 Å². The number of terminal acetylenes is 1. The average Bonchev–Trinajstić information content (AvgIpc) is 3.46. The van der Waals surface area contributed by atoms with E-state index in [2.05, 4.69) is 15.7 Å². The molecule has 6 heterocycles. The SMILES string of the molecule is C.C.C#Cc1c(F)ccc2cccc(-c3nc4c5c(nc(OCC67CCCN6CCC7)nc5c3F)N3CCCOC[C@@H]3CC4)c12. The maximum absolute atomic E-state index is 16.9. The van der Waals surface area contributed by atoms with Gasteiger partial charge in [0.2, 0.25) is 0 Å². The number of hydrogen-bond donors (Lipinski definition) is 0. The molecule has 7 nitrogen and oxygen atoms in total. The number of fused-ring (bicyclic) bond motifs is 4. The maximum atomic E-state index is 16.9. The van der Waals surface area contributed by atoms with E-state index in [0.717, 1.165) is 58.2 Å². The second-order valence-corrected chi connectivity index (χ2v) is 12.3. The molecule has 3 fully saturated rings. The van der Waals surface area contributed by atoms with Crippen LogP contribution in [0.4, 0.5) is 14.6 Å². The van der Waals surface area contributed by atoms with E-state index in [1.165, 1.54) is 6.07 Å². The van der Waals surface area contributed by atoms with Crippen molar-refractivity contribution < 1.29 is 18.3 Å². The Bertz CT molecular complexity index is 1790. The Morgan fingerprint density at radius 3 is 2.62 bits per heavy atom. The molecule has 1 atom stereocenters. The van der Waals surface area contributed by atoms with Crippen LogP contribution in [-0.4, -0.2) is 70.9 Å². The lowest BCUT2D eigenvalue weighted by Crippen LogP contribution is -2.43. The second kappa shape index (κ2) is 12.1. The molecule has 0 saturated carbocycles. The third-order valence-electron chi connectivity index (χ3n) is 9.92. The molecule has 9 heteroatoms. The minimum absolute atomic E-state index is 0. The molecule has 3 saturated heterocycles. The van der Waals surface area contributed by atoms with E-state index in [9.17, 15) is 4.39 Å². The van der Waals surface area contributed by atoms with Crippen molar-refractivity contribution in [3.05, 3.63) is 53.2 Å². The van der Waals surface area contributed by atoms with Gasteiger partial charge in [0.1, 0.15) is 29.5 Å². The van der Waals surface area contributed by atoms with Crippen LogP contribution in [-0.2, 0) is 11.2 Å². The number of pyridine rings is 1. The predicted octanol–water partition coefficient (Wildman–Crippen LogP) is 6.93. The molecular weight excluding hydrogens is 572 g/mol. The van der Waals surface area contributed by atoms with Gasteiger partial charge in [-0.15, -0.1) is 6.42 Å². The lowest BCUT2D eigenvalue weighted by molar-refractivity contribution is 0.108. The van der Waals surface area contributed by atoms with Crippen molar-refractivity contribution in [2.24, 2.45) is 0 Å². The minimum Gasteiger partial charge on any atom is -0.461 e. The summed E-state index contributed by atoms with van der Waals surface area (Å²) in [4.78, 5) is 19.4. The molecule has 4 aromatic rings. The van der Waals surface area contributed by atoms with E-state index in [0.29, 0.717) is 59.5 Å². The van der Waals surface area contributed by atoms with Crippen molar-refractivity contribution in [3.63, 3.8) is 0 Å². The molecule has 236 valence electrons. The third-order valence-corrected chi connectivity index (χ3v) is 9.92. The van der Waals surface area contributed by atoms with Crippen LogP contribution >= 0.6 is 0 Å². The highest BCUT2D eigenvalue weighted by atomic mass is 19.1. The van der Waals surface area contributed by atoms with Crippen LogP contribution < -0.4 is 9.64 Å². The van der Waals surface area contributed by atoms with Gasteiger partial charge in [-0.2, -0.15) is 9.97 Å². The Kier molecular flexibility index (Phi) is 8.40. The van der Waals surface area contributed by atoms with Crippen molar-refractivity contribution in [3.8, 4) is 29.6 Å². The average molecular weight is 614 g/mol. The van der Waals surface area contributed by atoms with Crippen LogP contribution in [0.1, 0.15) is 64.6 Å². The van der Waals surface area contributed by atoms with Gasteiger partial charge in [-0.1, -0.05) is 45.0 Å². The highest BCUT2D eigenvalue weighted by Gasteiger charge is 2.45. The van der Waals surface area contributed by atoms with Gasteiger partial charge in [-0.05, 0) is 69.5 Å². The van der Waals surface area contributed by atoms with Gasteiger partial charge in [-0.3, -0.25) is 4.90 Å². The molecule has 8 rings (SSSR count). The summed E-state index contributed by atoms with van der Waals surface area (Å²) in [6, 6.07) is 8.66. The smallest absolute Gasteiger partial charge is 0.319 e. The van der Waals surface area contributed by atoms with Gasteiger partial charge >= 0.3 is 6.01 Å². The molecule has 0 amide bonds. The number of rotatable bonds is 4. The Morgan fingerprint density at radius 1 is 1.00 bits per heavy atom. The summed E-state index contributed by atoms with van der Waals surface area (Å²) in [5.41, 5.74) is 1.53. The predicted molar refractivity (Wildman–Crippen MR) is 175 cm³/mol. The highest BCUT2D eigenvalue weighted by Crippen LogP contribution is 2.42. The van der Waals surface area contributed by atoms with Crippen LogP contribution in [0.5, 0.6) is 6.01 Å². The molecule has 0 N–H and O–H groups in total. The first-order valence-electron chi connectivity index (χ1n) is 15.4. The van der Waals surface area contributed by atoms with Crippen LogP contribution in [0.3, 0.4) is 0 Å². The summed E-state index contributed by atoms with van der Waals surface area (Å²) < 4.78 is 44.1. The van der Waals surface area contributed by atoms with E-state index in [-0.39, 0.29) is 49.2 Å². The first-order valence-corrected chi connectivity index (χ1v) is 15.4. The molecule has 0 spiro atoms. The fraction of sp³-hybridized carbons (Fsp3) is 0.472. The molecule has 0 unspecified atom stereocenters. The van der Waals surface area contributed by atoms with E-state index in [1.807, 2.05) is 12.1 Å². The number of halogens is 2. The summed E-state index contributed by atoms with van der Waals surface area (Å²) >= 11 is 0. The van der Waals surface area contributed by atoms with Crippen molar-refractivity contribution in [1.82, 2.24) is 19.9 Å². The van der Waals surface area contributed by atoms with Crippen LogP contribution in [0.25, 0.3) is 32.9 Å². The normalized spacial score (nSPS) is 20.4. The molecule has 0 bridgehead atoms. The van der Waals surface area contributed by atoms with E-state index in [1.54, 1.807) is 12.1 Å². The first-order chi connectivity index (χ1) is 21.1. The lowest BCUT2D eigenvalue weighted by Gasteiger charge is -2.32. The van der Waals surface area contributed by atoms with Gasteiger partial charge in [0.25, 0.3) is 0 Å². The second-order valence-electron chi connectivity index (χ2n) is 12.3. The molecule has 4 aliphatic heterocycles. The maximum Gasteiger partial charge on any atom is 0.319 e. The zero-order chi connectivity index (χ0) is 29.1. The van der Waals surface area contributed by atoms with Crippen LogP contribution in [0, 0.1) is 24.0 Å². The van der Waals surface area contributed by atoms with E-state index < -0.39 is 11.6 Å². The number of nitrogens with zero attached hydrogens (tertiary/aromatic N) is 5. The molecular formula is C36H41F2N5O2. The number of ether oxygens (including phenoxy) is 2. The molecule has 0 radical (unpaired) electrons. The number of benzene rings is 2. The van der Waals surface area contributed by atoms with E-state index in [4.69, 9.17) is 30.8 Å². The molecule has 0 aliphatic carbocycles. The molecule has 4 aliphatic rings. The minimum atomic E-state index is -0.585. The fourth-order valence-corrected chi connectivity index (χ4v) is 7.84. The zero-order valence-electron chi connectivity index (χ0n) is 24.0. The number of hydrogen-bond acceptors (Lipinski definition) is 7. The van der Waals surface area contributed by atoms with Gasteiger partial charge in [0.15, 0.2) is 5.82 Å². The fourth-order valence-electron chi connectivity index (χ4n) is 7.84. The van der Waals surface area contributed by atoms with Gasteiger partial charge in [-0.25, -0.2) is 13.8 Å². The molecule has 45 heavy (non-hydrogen) atoms. The highest BCUT2D eigenvalue weighted by molar-refractivity contribution is 6.02.